The van der Waals surface area contributed by atoms with Crippen molar-refractivity contribution in [2.75, 3.05) is 30.9 Å². The van der Waals surface area contributed by atoms with Crippen LogP contribution in [-0.4, -0.2) is 32.2 Å². The third-order valence-corrected chi connectivity index (χ3v) is 3.49. The van der Waals surface area contributed by atoms with E-state index in [-0.39, 0.29) is 5.91 Å². The van der Waals surface area contributed by atoms with Crippen molar-refractivity contribution >= 4 is 34.9 Å². The molecule has 0 fully saturated rings. The number of rotatable bonds is 7. The fraction of sp³-hybridized carbons (Fsp3) is 0.222. The maximum atomic E-state index is 12.0. The van der Waals surface area contributed by atoms with Crippen molar-refractivity contribution in [3.05, 3.63) is 47.5 Å². The molecule has 2 aromatic rings. The minimum Gasteiger partial charge on any atom is -0.495 e. The number of hydrogen-bond donors (Lipinski definition) is 3. The normalized spacial score (nSPS) is 9.96. The lowest BCUT2D eigenvalue weighted by molar-refractivity contribution is -0.114. The number of carbonyl (C=O) groups is 2. The first kappa shape index (κ1) is 19.4. The summed E-state index contributed by atoms with van der Waals surface area (Å²) in [6.45, 7) is 2.02. The number of anilines is 2. The highest BCUT2D eigenvalue weighted by Crippen LogP contribution is 2.27. The van der Waals surface area contributed by atoms with Crippen molar-refractivity contribution in [3.63, 3.8) is 0 Å². The molecule has 0 saturated heterocycles. The minimum atomic E-state index is -0.414. The lowest BCUT2D eigenvalue weighted by Gasteiger charge is -2.13. The maximum Gasteiger partial charge on any atom is 0.319 e. The van der Waals surface area contributed by atoms with E-state index in [9.17, 15) is 9.59 Å². The van der Waals surface area contributed by atoms with Gasteiger partial charge in [-0.1, -0.05) is 11.6 Å². The second-order valence-electron chi connectivity index (χ2n) is 5.28. The highest BCUT2D eigenvalue weighted by molar-refractivity contribution is 6.30. The van der Waals surface area contributed by atoms with Crippen molar-refractivity contribution < 1.29 is 19.1 Å². The Balaban J connectivity index is 1.84. The topological polar surface area (TPSA) is 88.7 Å². The molecule has 0 aliphatic carbocycles. The van der Waals surface area contributed by atoms with Crippen LogP contribution in [-0.2, 0) is 4.79 Å². The molecule has 138 valence electrons. The SMILES string of the molecule is COc1ccc(NC(C)=O)cc1NC(=O)NCCOc1ccc(Cl)cc1. The van der Waals surface area contributed by atoms with Gasteiger partial charge in [0.1, 0.15) is 18.1 Å². The smallest absolute Gasteiger partial charge is 0.319 e. The van der Waals surface area contributed by atoms with Crippen LogP contribution >= 0.6 is 11.6 Å². The van der Waals surface area contributed by atoms with Crippen molar-refractivity contribution in [3.8, 4) is 11.5 Å². The molecule has 8 heteroatoms. The van der Waals surface area contributed by atoms with Gasteiger partial charge in [-0.05, 0) is 42.5 Å². The zero-order chi connectivity index (χ0) is 18.9. The number of halogens is 1. The number of benzene rings is 2. The standard InChI is InChI=1S/C18H20ClN3O4/c1-12(23)21-14-5-8-17(25-2)16(11-14)22-18(24)20-9-10-26-15-6-3-13(19)4-7-15/h3-8,11H,9-10H2,1-2H3,(H,21,23)(H2,20,22,24). The summed E-state index contributed by atoms with van der Waals surface area (Å²) in [5.41, 5.74) is 0.995. The molecule has 26 heavy (non-hydrogen) atoms. The van der Waals surface area contributed by atoms with Crippen molar-refractivity contribution in [1.82, 2.24) is 5.32 Å². The first-order valence-corrected chi connectivity index (χ1v) is 8.24. The predicted molar refractivity (Wildman–Crippen MR) is 101 cm³/mol. The molecule has 3 N–H and O–H groups in total. The molecule has 3 amide bonds. The van der Waals surface area contributed by atoms with Crippen LogP contribution in [0.15, 0.2) is 42.5 Å². The first-order chi connectivity index (χ1) is 12.5. The molecule has 0 atom stereocenters. The molecular formula is C18H20ClN3O4. The Kier molecular flexibility index (Phi) is 7.11. The van der Waals surface area contributed by atoms with Crippen LogP contribution in [0.4, 0.5) is 16.2 Å². The zero-order valence-corrected chi connectivity index (χ0v) is 15.2. The van der Waals surface area contributed by atoms with Gasteiger partial charge in [0.25, 0.3) is 0 Å². The Morgan fingerprint density at radius 1 is 1.08 bits per heavy atom. The molecule has 0 aromatic heterocycles. The van der Waals surface area contributed by atoms with Crippen LogP contribution in [0.1, 0.15) is 6.92 Å². The molecule has 0 bridgehead atoms. The number of ether oxygens (including phenoxy) is 2. The zero-order valence-electron chi connectivity index (χ0n) is 14.5. The van der Waals surface area contributed by atoms with E-state index in [1.165, 1.54) is 14.0 Å². The summed E-state index contributed by atoms with van der Waals surface area (Å²) in [5, 5.41) is 8.64. The van der Waals surface area contributed by atoms with Crippen LogP contribution < -0.4 is 25.4 Å². The summed E-state index contributed by atoms with van der Waals surface area (Å²) in [7, 11) is 1.50. The molecule has 0 saturated carbocycles. The summed E-state index contributed by atoms with van der Waals surface area (Å²) in [4.78, 5) is 23.2. The molecule has 2 rings (SSSR count). The van der Waals surface area contributed by atoms with Gasteiger partial charge in [0.2, 0.25) is 5.91 Å². The third kappa shape index (κ3) is 6.18. The summed E-state index contributed by atoms with van der Waals surface area (Å²) in [6.07, 6.45) is 0. The molecule has 0 spiro atoms. The van der Waals surface area contributed by atoms with E-state index in [0.717, 1.165) is 0 Å². The Hall–Kier alpha value is -2.93. The first-order valence-electron chi connectivity index (χ1n) is 7.87. The Morgan fingerprint density at radius 2 is 1.81 bits per heavy atom. The number of nitrogens with one attached hydrogen (secondary N) is 3. The van der Waals surface area contributed by atoms with Crippen LogP contribution in [0.3, 0.4) is 0 Å². The van der Waals surface area contributed by atoms with Crippen LogP contribution in [0, 0.1) is 0 Å². The lowest BCUT2D eigenvalue weighted by Crippen LogP contribution is -2.32. The molecule has 0 aliphatic rings. The number of hydrogen-bond acceptors (Lipinski definition) is 4. The Bertz CT molecular complexity index is 766. The molecule has 2 aromatic carbocycles. The number of amides is 3. The number of carbonyl (C=O) groups excluding carboxylic acids is 2. The Labute approximate surface area is 156 Å². The van der Waals surface area contributed by atoms with Gasteiger partial charge in [-0.3, -0.25) is 4.79 Å². The summed E-state index contributed by atoms with van der Waals surface area (Å²) < 4.78 is 10.7. The van der Waals surface area contributed by atoms with E-state index in [4.69, 9.17) is 21.1 Å². The fourth-order valence-corrected chi connectivity index (χ4v) is 2.24. The molecule has 0 unspecified atom stereocenters. The second-order valence-corrected chi connectivity index (χ2v) is 5.72. The number of methoxy groups -OCH3 is 1. The van der Waals surface area contributed by atoms with Gasteiger partial charge in [0.05, 0.1) is 19.3 Å². The van der Waals surface area contributed by atoms with E-state index < -0.39 is 6.03 Å². The molecule has 0 heterocycles. The van der Waals surface area contributed by atoms with Crippen molar-refractivity contribution in [2.45, 2.75) is 6.92 Å². The quantitative estimate of drug-likeness (QED) is 0.644. The molecule has 0 radical (unpaired) electrons. The predicted octanol–water partition coefficient (Wildman–Crippen LogP) is 3.51. The van der Waals surface area contributed by atoms with Gasteiger partial charge in [-0.15, -0.1) is 0 Å². The van der Waals surface area contributed by atoms with Gasteiger partial charge < -0.3 is 25.4 Å². The molecular weight excluding hydrogens is 358 g/mol. The Morgan fingerprint density at radius 3 is 2.46 bits per heavy atom. The lowest BCUT2D eigenvalue weighted by atomic mass is 10.2. The van der Waals surface area contributed by atoms with E-state index in [1.807, 2.05) is 0 Å². The van der Waals surface area contributed by atoms with Gasteiger partial charge in [0, 0.05) is 17.6 Å². The summed E-state index contributed by atoms with van der Waals surface area (Å²) in [6, 6.07) is 11.5. The van der Waals surface area contributed by atoms with Crippen molar-refractivity contribution in [2.24, 2.45) is 0 Å². The van der Waals surface area contributed by atoms with Crippen LogP contribution in [0.25, 0.3) is 0 Å². The van der Waals surface area contributed by atoms with E-state index in [0.29, 0.717) is 41.0 Å². The minimum absolute atomic E-state index is 0.204. The highest BCUT2D eigenvalue weighted by atomic mass is 35.5. The summed E-state index contributed by atoms with van der Waals surface area (Å²) >= 11 is 5.80. The average molecular weight is 378 g/mol. The van der Waals surface area contributed by atoms with Gasteiger partial charge in [-0.25, -0.2) is 4.79 Å². The van der Waals surface area contributed by atoms with Crippen LogP contribution in [0.2, 0.25) is 5.02 Å². The number of urea groups is 1. The van der Waals surface area contributed by atoms with Gasteiger partial charge in [0.15, 0.2) is 0 Å². The second kappa shape index (κ2) is 9.53. The monoisotopic (exact) mass is 377 g/mol. The van der Waals surface area contributed by atoms with E-state index in [2.05, 4.69) is 16.0 Å². The van der Waals surface area contributed by atoms with E-state index in [1.54, 1.807) is 42.5 Å². The van der Waals surface area contributed by atoms with Crippen LogP contribution in [0.5, 0.6) is 11.5 Å². The molecule has 0 aliphatic heterocycles. The molecule has 7 nitrogen and oxygen atoms in total. The van der Waals surface area contributed by atoms with Gasteiger partial charge >= 0.3 is 6.03 Å². The van der Waals surface area contributed by atoms with Gasteiger partial charge in [-0.2, -0.15) is 0 Å². The van der Waals surface area contributed by atoms with Crippen molar-refractivity contribution in [1.29, 1.82) is 0 Å². The fourth-order valence-electron chi connectivity index (χ4n) is 2.12. The average Bonchev–Trinajstić information content (AvgIpc) is 2.60. The van der Waals surface area contributed by atoms with E-state index >= 15 is 0 Å². The highest BCUT2D eigenvalue weighted by Gasteiger charge is 2.09. The largest absolute Gasteiger partial charge is 0.495 e. The third-order valence-electron chi connectivity index (χ3n) is 3.24. The summed E-state index contributed by atoms with van der Waals surface area (Å²) in [5.74, 6) is 0.942. The maximum absolute atomic E-state index is 12.0.